The lowest BCUT2D eigenvalue weighted by Crippen LogP contribution is -2.31. The van der Waals surface area contributed by atoms with Crippen molar-refractivity contribution in [3.8, 4) is 0 Å². The molecule has 0 fully saturated rings. The molecule has 2 heterocycles. The van der Waals surface area contributed by atoms with E-state index in [1.807, 2.05) is 48.5 Å². The van der Waals surface area contributed by atoms with Crippen LogP contribution in [0.5, 0.6) is 0 Å². The summed E-state index contributed by atoms with van der Waals surface area (Å²) >= 11 is 0. The minimum absolute atomic E-state index is 0.235. The Hall–Kier alpha value is -4.54. The number of benzene rings is 3. The highest BCUT2D eigenvalue weighted by molar-refractivity contribution is 6.07. The molecule has 2 aromatic heterocycles. The highest BCUT2D eigenvalue weighted by atomic mass is 19.2. The molecule has 0 aliphatic rings. The van der Waals surface area contributed by atoms with Crippen LogP contribution < -0.4 is 10.9 Å². The van der Waals surface area contributed by atoms with Crippen molar-refractivity contribution in [2.45, 2.75) is 13.1 Å². The molecule has 0 aliphatic carbocycles. The number of hydrogen-bond donors (Lipinski definition) is 1. The van der Waals surface area contributed by atoms with E-state index < -0.39 is 52.8 Å². The number of fused-ring (bicyclic) bond motifs is 3. The first kappa shape index (κ1) is 23.2. The third-order valence-electron chi connectivity index (χ3n) is 5.72. The molecular formula is C25H15F5N4O2. The standard InChI is InChI=1S/C25H15F5N4O2/c26-18-19(27)21(29)23(22(30)20(18)28)32-17(35)12-34-25(36)24-15(10-31-34)14-8-4-5-9-16(14)33(24)11-13-6-2-1-3-7-13/h1-10H,11-12H2,(H,32,35). The second-order valence-corrected chi connectivity index (χ2v) is 7.95. The molecule has 5 aromatic rings. The third-order valence-corrected chi connectivity index (χ3v) is 5.72. The molecular weight excluding hydrogens is 483 g/mol. The van der Waals surface area contributed by atoms with Gasteiger partial charge in [0.15, 0.2) is 23.3 Å². The van der Waals surface area contributed by atoms with Crippen LogP contribution in [0.1, 0.15) is 5.56 Å². The smallest absolute Gasteiger partial charge is 0.291 e. The summed E-state index contributed by atoms with van der Waals surface area (Å²) in [6.07, 6.45) is 1.38. The molecule has 0 atom stereocenters. The molecule has 11 heteroatoms. The Labute approximate surface area is 199 Å². The maximum Gasteiger partial charge on any atom is 0.291 e. The predicted octanol–water partition coefficient (Wildman–Crippen LogP) is 4.73. The summed E-state index contributed by atoms with van der Waals surface area (Å²) in [4.78, 5) is 25.8. The third kappa shape index (κ3) is 3.78. The van der Waals surface area contributed by atoms with E-state index >= 15 is 0 Å². The molecule has 0 saturated heterocycles. The van der Waals surface area contributed by atoms with E-state index in [4.69, 9.17) is 0 Å². The molecule has 0 spiro atoms. The first-order chi connectivity index (χ1) is 17.3. The van der Waals surface area contributed by atoms with Crippen molar-refractivity contribution < 1.29 is 26.7 Å². The molecule has 0 bridgehead atoms. The van der Waals surface area contributed by atoms with Crippen LogP contribution >= 0.6 is 0 Å². The summed E-state index contributed by atoms with van der Waals surface area (Å²) in [5.74, 6) is -12.4. The first-order valence-electron chi connectivity index (χ1n) is 10.6. The lowest BCUT2D eigenvalue weighted by Gasteiger charge is -2.11. The largest absolute Gasteiger partial charge is 0.331 e. The van der Waals surface area contributed by atoms with E-state index in [2.05, 4.69) is 5.10 Å². The maximum absolute atomic E-state index is 13.9. The van der Waals surface area contributed by atoms with Gasteiger partial charge < -0.3 is 9.88 Å². The molecule has 5 rings (SSSR count). The Morgan fingerprint density at radius 2 is 1.42 bits per heavy atom. The average Bonchev–Trinajstić information content (AvgIpc) is 3.20. The number of nitrogens with one attached hydrogen (secondary N) is 1. The highest BCUT2D eigenvalue weighted by Gasteiger charge is 2.27. The Morgan fingerprint density at radius 3 is 2.11 bits per heavy atom. The van der Waals surface area contributed by atoms with E-state index in [9.17, 15) is 31.5 Å². The van der Waals surface area contributed by atoms with Gasteiger partial charge in [0.05, 0.1) is 6.20 Å². The van der Waals surface area contributed by atoms with Gasteiger partial charge in [-0.2, -0.15) is 5.10 Å². The van der Waals surface area contributed by atoms with Crippen LogP contribution in [0.3, 0.4) is 0 Å². The van der Waals surface area contributed by atoms with Gasteiger partial charge >= 0.3 is 0 Å². The molecule has 0 radical (unpaired) electrons. The lowest BCUT2D eigenvalue weighted by molar-refractivity contribution is -0.117. The van der Waals surface area contributed by atoms with Gasteiger partial charge in [-0.25, -0.2) is 26.6 Å². The van der Waals surface area contributed by atoms with Crippen molar-refractivity contribution in [2.24, 2.45) is 0 Å². The number of para-hydroxylation sites is 1. The van der Waals surface area contributed by atoms with Crippen molar-refractivity contribution in [2.75, 3.05) is 5.32 Å². The van der Waals surface area contributed by atoms with Gasteiger partial charge in [0, 0.05) is 22.8 Å². The second kappa shape index (κ2) is 8.91. The van der Waals surface area contributed by atoms with Crippen molar-refractivity contribution in [1.82, 2.24) is 14.3 Å². The number of anilines is 1. The minimum Gasteiger partial charge on any atom is -0.331 e. The summed E-state index contributed by atoms with van der Waals surface area (Å²) in [6.45, 7) is -0.498. The molecule has 6 nitrogen and oxygen atoms in total. The van der Waals surface area contributed by atoms with E-state index in [1.165, 1.54) is 6.20 Å². The van der Waals surface area contributed by atoms with Crippen molar-refractivity contribution in [1.29, 1.82) is 0 Å². The van der Waals surface area contributed by atoms with Gasteiger partial charge in [0.25, 0.3) is 5.56 Å². The second-order valence-electron chi connectivity index (χ2n) is 7.95. The highest BCUT2D eigenvalue weighted by Crippen LogP contribution is 2.28. The van der Waals surface area contributed by atoms with Crippen LogP contribution in [0.2, 0.25) is 0 Å². The van der Waals surface area contributed by atoms with Gasteiger partial charge in [-0.3, -0.25) is 9.59 Å². The Bertz CT molecular complexity index is 1680. The normalized spacial score (nSPS) is 11.4. The number of halogens is 5. The summed E-state index contributed by atoms with van der Waals surface area (Å²) in [7, 11) is 0. The zero-order chi connectivity index (χ0) is 25.6. The average molecular weight is 498 g/mol. The maximum atomic E-state index is 13.9. The monoisotopic (exact) mass is 498 g/mol. The van der Waals surface area contributed by atoms with Gasteiger partial charge in [-0.15, -0.1) is 0 Å². The Kier molecular flexibility index (Phi) is 5.75. The zero-order valence-electron chi connectivity index (χ0n) is 18.2. The van der Waals surface area contributed by atoms with Crippen LogP contribution in [-0.2, 0) is 17.9 Å². The van der Waals surface area contributed by atoms with Gasteiger partial charge in [0.1, 0.15) is 17.7 Å². The summed E-state index contributed by atoms with van der Waals surface area (Å²) in [5, 5.41) is 6.92. The van der Waals surface area contributed by atoms with Crippen molar-refractivity contribution >= 4 is 33.4 Å². The summed E-state index contributed by atoms with van der Waals surface area (Å²) in [6, 6.07) is 16.6. The number of rotatable bonds is 5. The molecule has 36 heavy (non-hydrogen) atoms. The van der Waals surface area contributed by atoms with E-state index in [1.54, 1.807) is 16.0 Å². The van der Waals surface area contributed by atoms with E-state index in [0.717, 1.165) is 21.1 Å². The van der Waals surface area contributed by atoms with Crippen LogP contribution in [0.25, 0.3) is 21.8 Å². The van der Waals surface area contributed by atoms with Gasteiger partial charge in [0.2, 0.25) is 11.7 Å². The topological polar surface area (TPSA) is 68.9 Å². The fraction of sp³-hybridized carbons (Fsp3) is 0.0800. The van der Waals surface area contributed by atoms with E-state index in [-0.39, 0.29) is 5.52 Å². The molecule has 0 aliphatic heterocycles. The quantitative estimate of drug-likeness (QED) is 0.216. The summed E-state index contributed by atoms with van der Waals surface area (Å²) in [5.41, 5.74) is -0.291. The Balaban J connectivity index is 1.56. The fourth-order valence-corrected chi connectivity index (χ4v) is 4.07. The molecule has 182 valence electrons. The number of amides is 1. The van der Waals surface area contributed by atoms with Crippen LogP contribution in [0.15, 0.2) is 65.6 Å². The number of hydrogen-bond acceptors (Lipinski definition) is 3. The number of aromatic nitrogens is 3. The molecule has 0 unspecified atom stereocenters. The number of nitrogens with zero attached hydrogens (tertiary/aromatic N) is 3. The molecule has 0 saturated carbocycles. The van der Waals surface area contributed by atoms with Crippen LogP contribution in [0, 0.1) is 29.1 Å². The van der Waals surface area contributed by atoms with Crippen LogP contribution in [-0.4, -0.2) is 20.3 Å². The predicted molar refractivity (Wildman–Crippen MR) is 122 cm³/mol. The van der Waals surface area contributed by atoms with Crippen LogP contribution in [0.4, 0.5) is 27.6 Å². The number of carbonyl (C=O) groups excluding carboxylic acids is 1. The Morgan fingerprint density at radius 1 is 0.806 bits per heavy atom. The SMILES string of the molecule is O=C(Cn1ncc2c3ccccc3n(Cc3ccccc3)c2c1=O)Nc1c(F)c(F)c(F)c(F)c1F. The van der Waals surface area contributed by atoms with Crippen molar-refractivity contribution in [3.63, 3.8) is 0 Å². The molecule has 3 aromatic carbocycles. The fourth-order valence-electron chi connectivity index (χ4n) is 4.07. The van der Waals surface area contributed by atoms with E-state index in [0.29, 0.717) is 11.9 Å². The first-order valence-corrected chi connectivity index (χ1v) is 10.6. The minimum atomic E-state index is -2.35. The number of carbonyl (C=O) groups is 1. The van der Waals surface area contributed by atoms with Crippen molar-refractivity contribution in [3.05, 3.63) is 106 Å². The molecule has 1 amide bonds. The zero-order valence-corrected chi connectivity index (χ0v) is 18.2. The van der Waals surface area contributed by atoms with Gasteiger partial charge in [-0.1, -0.05) is 48.5 Å². The molecule has 1 N–H and O–H groups in total. The van der Waals surface area contributed by atoms with Gasteiger partial charge in [-0.05, 0) is 11.6 Å². The summed E-state index contributed by atoms with van der Waals surface area (Å²) < 4.78 is 70.6. The lowest BCUT2D eigenvalue weighted by atomic mass is 10.2.